The van der Waals surface area contributed by atoms with Crippen molar-refractivity contribution in [3.05, 3.63) is 47.8 Å². The van der Waals surface area contributed by atoms with Crippen LogP contribution in [0, 0.1) is 0 Å². The summed E-state index contributed by atoms with van der Waals surface area (Å²) >= 11 is 0. The van der Waals surface area contributed by atoms with Crippen LogP contribution in [-0.4, -0.2) is 25.1 Å². The molecule has 0 saturated heterocycles. The van der Waals surface area contributed by atoms with Gasteiger partial charge in [0.2, 0.25) is 0 Å². The molecule has 6 heteroatoms. The van der Waals surface area contributed by atoms with Crippen molar-refractivity contribution < 1.29 is 13.5 Å². The number of nitrogens with zero attached hydrogens (tertiary/aromatic N) is 1. The molecule has 0 aliphatic carbocycles. The summed E-state index contributed by atoms with van der Waals surface area (Å²) in [4.78, 5) is 2.96. The average Bonchev–Trinajstić information content (AvgIpc) is 2.96. The molecular weight excluding hydrogens is 276 g/mol. The summed E-state index contributed by atoms with van der Waals surface area (Å²) < 4.78 is 26.9. The number of fused-ring (bicyclic) bond motifs is 1. The van der Waals surface area contributed by atoms with Crippen molar-refractivity contribution in [1.82, 2.24) is 4.98 Å². The highest BCUT2D eigenvalue weighted by Gasteiger charge is 2.29. The zero-order valence-corrected chi connectivity index (χ0v) is 11.7. The second-order valence-electron chi connectivity index (χ2n) is 4.83. The van der Waals surface area contributed by atoms with E-state index in [1.54, 1.807) is 0 Å². The monoisotopic (exact) mass is 292 g/mol. The first-order chi connectivity index (χ1) is 9.63. The number of hydrogen-bond acceptors (Lipinski definition) is 3. The van der Waals surface area contributed by atoms with Gasteiger partial charge in [-0.3, -0.25) is 4.31 Å². The van der Waals surface area contributed by atoms with Crippen LogP contribution in [-0.2, 0) is 23.1 Å². The molecule has 0 amide bonds. The summed E-state index contributed by atoms with van der Waals surface area (Å²) in [7, 11) is -3.57. The summed E-state index contributed by atoms with van der Waals surface area (Å²) in [6.45, 7) is 0.283. The minimum absolute atomic E-state index is 0.193. The van der Waals surface area contributed by atoms with E-state index in [1.165, 1.54) is 16.6 Å². The Bertz CT molecular complexity index is 722. The molecule has 0 bridgehead atoms. The number of aliphatic hydroxyl groups is 1. The van der Waals surface area contributed by atoms with Crippen molar-refractivity contribution >= 4 is 15.7 Å². The fraction of sp³-hybridized carbons (Fsp3) is 0.286. The van der Waals surface area contributed by atoms with E-state index in [9.17, 15) is 8.42 Å². The largest absolute Gasteiger partial charge is 0.390 e. The number of rotatable bonds is 3. The Labute approximate surface area is 117 Å². The smallest absolute Gasteiger partial charge is 0.265 e. The van der Waals surface area contributed by atoms with Gasteiger partial charge in [-0.15, -0.1) is 0 Å². The van der Waals surface area contributed by atoms with E-state index < -0.39 is 10.0 Å². The quantitative estimate of drug-likeness (QED) is 0.903. The Morgan fingerprint density at radius 3 is 2.85 bits per heavy atom. The minimum Gasteiger partial charge on any atom is -0.390 e. The molecule has 0 radical (unpaired) electrons. The normalized spacial score (nSPS) is 15.2. The van der Waals surface area contributed by atoms with Gasteiger partial charge in [-0.1, -0.05) is 18.2 Å². The molecule has 2 N–H and O–H groups in total. The van der Waals surface area contributed by atoms with Gasteiger partial charge in [-0.2, -0.15) is 0 Å². The fourth-order valence-corrected chi connectivity index (χ4v) is 4.10. The maximum Gasteiger partial charge on any atom is 0.265 e. The van der Waals surface area contributed by atoms with E-state index in [-0.39, 0.29) is 11.5 Å². The van der Waals surface area contributed by atoms with Gasteiger partial charge in [0.25, 0.3) is 10.0 Å². The van der Waals surface area contributed by atoms with Crippen LogP contribution in [0.3, 0.4) is 0 Å². The standard InChI is InChI=1S/C14H16N2O3S/c17-10-12-8-13(9-15-12)20(18,19)16-7-3-5-11-4-1-2-6-14(11)16/h1-2,4,6,8-9,15,17H,3,5,7,10H2. The second kappa shape index (κ2) is 4.96. The lowest BCUT2D eigenvalue weighted by atomic mass is 10.0. The van der Waals surface area contributed by atoms with Crippen molar-refractivity contribution in [3.8, 4) is 0 Å². The third-order valence-corrected chi connectivity index (χ3v) is 5.33. The molecule has 2 heterocycles. The van der Waals surface area contributed by atoms with Crippen molar-refractivity contribution in [2.75, 3.05) is 10.8 Å². The molecule has 0 atom stereocenters. The third-order valence-electron chi connectivity index (χ3n) is 3.54. The van der Waals surface area contributed by atoms with Crippen LogP contribution >= 0.6 is 0 Å². The predicted molar refractivity (Wildman–Crippen MR) is 76.0 cm³/mol. The minimum atomic E-state index is -3.57. The molecule has 0 unspecified atom stereocenters. The summed E-state index contributed by atoms with van der Waals surface area (Å²) in [6.07, 6.45) is 3.14. The molecule has 0 saturated carbocycles. The molecule has 1 aliphatic rings. The van der Waals surface area contributed by atoms with Crippen LogP contribution in [0.25, 0.3) is 0 Å². The van der Waals surface area contributed by atoms with E-state index in [0.717, 1.165) is 24.1 Å². The van der Waals surface area contributed by atoms with Gasteiger partial charge in [0, 0.05) is 18.4 Å². The number of aromatic amines is 1. The lowest BCUT2D eigenvalue weighted by molar-refractivity contribution is 0.277. The van der Waals surface area contributed by atoms with E-state index >= 15 is 0 Å². The zero-order chi connectivity index (χ0) is 14.2. The summed E-state index contributed by atoms with van der Waals surface area (Å²) in [6, 6.07) is 9.06. The molecule has 1 aliphatic heterocycles. The van der Waals surface area contributed by atoms with Crippen LogP contribution in [0.15, 0.2) is 41.4 Å². The molecule has 3 rings (SSSR count). The van der Waals surface area contributed by atoms with Crippen molar-refractivity contribution in [2.45, 2.75) is 24.3 Å². The van der Waals surface area contributed by atoms with Crippen LogP contribution < -0.4 is 4.31 Å². The Morgan fingerprint density at radius 2 is 2.10 bits per heavy atom. The van der Waals surface area contributed by atoms with Gasteiger partial charge in [0.05, 0.1) is 12.3 Å². The van der Waals surface area contributed by atoms with Gasteiger partial charge in [0.15, 0.2) is 0 Å². The molecule has 1 aromatic carbocycles. The number of H-pyrrole nitrogens is 1. The molecule has 5 nitrogen and oxygen atoms in total. The van der Waals surface area contributed by atoms with E-state index in [0.29, 0.717) is 12.2 Å². The van der Waals surface area contributed by atoms with Crippen molar-refractivity contribution in [2.24, 2.45) is 0 Å². The summed E-state index contributed by atoms with van der Waals surface area (Å²) in [5.74, 6) is 0. The maximum atomic E-state index is 12.7. The molecular formula is C14H16N2O3S. The number of anilines is 1. The first-order valence-corrected chi connectivity index (χ1v) is 7.96. The van der Waals surface area contributed by atoms with Gasteiger partial charge in [0.1, 0.15) is 4.90 Å². The van der Waals surface area contributed by atoms with E-state index in [4.69, 9.17) is 5.11 Å². The van der Waals surface area contributed by atoms with Gasteiger partial charge < -0.3 is 10.1 Å². The van der Waals surface area contributed by atoms with Crippen LogP contribution in [0.5, 0.6) is 0 Å². The Hall–Kier alpha value is -1.79. The topological polar surface area (TPSA) is 73.4 Å². The number of para-hydroxylation sites is 1. The second-order valence-corrected chi connectivity index (χ2v) is 6.69. The third kappa shape index (κ3) is 2.10. The number of sulfonamides is 1. The Morgan fingerprint density at radius 1 is 1.30 bits per heavy atom. The number of aromatic nitrogens is 1. The first kappa shape index (κ1) is 13.2. The van der Waals surface area contributed by atoms with E-state index in [1.807, 2.05) is 24.3 Å². The van der Waals surface area contributed by atoms with Crippen molar-refractivity contribution in [1.29, 1.82) is 0 Å². The summed E-state index contributed by atoms with van der Waals surface area (Å²) in [5.41, 5.74) is 2.31. The lowest BCUT2D eigenvalue weighted by Crippen LogP contribution is -2.35. The molecule has 1 aromatic heterocycles. The zero-order valence-electron chi connectivity index (χ0n) is 10.9. The number of hydrogen-bond donors (Lipinski definition) is 2. The lowest BCUT2D eigenvalue weighted by Gasteiger charge is -2.30. The molecule has 2 aromatic rings. The van der Waals surface area contributed by atoms with Gasteiger partial charge in [-0.25, -0.2) is 8.42 Å². The number of aryl methyl sites for hydroxylation is 1. The predicted octanol–water partition coefficient (Wildman–Crippen LogP) is 1.65. The van der Waals surface area contributed by atoms with Crippen LogP contribution in [0.1, 0.15) is 17.7 Å². The molecule has 0 fully saturated rings. The van der Waals surface area contributed by atoms with Crippen molar-refractivity contribution in [3.63, 3.8) is 0 Å². The first-order valence-electron chi connectivity index (χ1n) is 6.52. The highest BCUT2D eigenvalue weighted by Crippen LogP contribution is 2.31. The highest BCUT2D eigenvalue weighted by atomic mass is 32.2. The number of aliphatic hydroxyl groups excluding tert-OH is 1. The molecule has 20 heavy (non-hydrogen) atoms. The Balaban J connectivity index is 2.04. The number of nitrogens with one attached hydrogen (secondary N) is 1. The highest BCUT2D eigenvalue weighted by molar-refractivity contribution is 7.92. The fourth-order valence-electron chi connectivity index (χ4n) is 2.54. The summed E-state index contributed by atoms with van der Waals surface area (Å²) in [5, 5.41) is 9.05. The maximum absolute atomic E-state index is 12.7. The SMILES string of the molecule is O=S(=O)(c1c[nH]c(CO)c1)N1CCCc2ccccc21. The molecule has 106 valence electrons. The van der Waals surface area contributed by atoms with E-state index in [2.05, 4.69) is 4.98 Å². The Kier molecular flexibility index (Phi) is 3.27. The van der Waals surface area contributed by atoms with Gasteiger partial charge in [-0.05, 0) is 30.5 Å². The molecule has 0 spiro atoms. The van der Waals surface area contributed by atoms with Crippen LogP contribution in [0.2, 0.25) is 0 Å². The average molecular weight is 292 g/mol. The number of benzene rings is 1. The van der Waals surface area contributed by atoms with Gasteiger partial charge >= 0.3 is 0 Å². The van der Waals surface area contributed by atoms with Crippen LogP contribution in [0.4, 0.5) is 5.69 Å².